The molecule has 1 aliphatic heterocycles. The first kappa shape index (κ1) is 25.8. The summed E-state index contributed by atoms with van der Waals surface area (Å²) in [5.74, 6) is 0.920. The van der Waals surface area contributed by atoms with Crippen molar-refractivity contribution in [3.05, 3.63) is 53.3 Å². The Morgan fingerprint density at radius 3 is 2.45 bits per heavy atom. The minimum atomic E-state index is 0. The number of nitrogens with one attached hydrogen (secondary N) is 1. The second-order valence-corrected chi connectivity index (χ2v) is 8.40. The lowest BCUT2D eigenvalue weighted by atomic mass is 10.2. The van der Waals surface area contributed by atoms with Crippen LogP contribution in [0.15, 0.2) is 47.6 Å². The highest BCUT2D eigenvalue weighted by atomic mass is 127. The maximum atomic E-state index is 6.09. The van der Waals surface area contributed by atoms with Crippen molar-refractivity contribution in [1.82, 2.24) is 19.7 Å². The van der Waals surface area contributed by atoms with Crippen LogP contribution in [0.3, 0.4) is 0 Å². The molecule has 1 fully saturated rings. The fraction of sp³-hybridized carbons (Fsp3) is 0.522. The Bertz CT molecular complexity index is 802. The van der Waals surface area contributed by atoms with Gasteiger partial charge in [0.25, 0.3) is 0 Å². The van der Waals surface area contributed by atoms with Crippen LogP contribution in [-0.2, 0) is 13.6 Å². The summed E-state index contributed by atoms with van der Waals surface area (Å²) in [7, 11) is 5.91. The van der Waals surface area contributed by atoms with E-state index in [0.717, 1.165) is 56.7 Å². The summed E-state index contributed by atoms with van der Waals surface area (Å²) in [5, 5.41) is 4.26. The number of rotatable bonds is 8. The van der Waals surface area contributed by atoms with Crippen LogP contribution in [-0.4, -0.2) is 73.7 Å². The molecule has 0 amide bonds. The van der Waals surface area contributed by atoms with Crippen molar-refractivity contribution >= 4 is 47.2 Å². The zero-order chi connectivity index (χ0) is 21.3. The highest BCUT2D eigenvalue weighted by molar-refractivity contribution is 14.0. The molecule has 0 radical (unpaired) electrons. The molecule has 0 aliphatic carbocycles. The number of halogens is 2. The molecule has 3 rings (SSSR count). The van der Waals surface area contributed by atoms with Gasteiger partial charge >= 0.3 is 0 Å². The summed E-state index contributed by atoms with van der Waals surface area (Å²) in [6, 6.07) is 12.7. The number of nitrogens with zero attached hydrogens (tertiary/aromatic N) is 5. The fourth-order valence-electron chi connectivity index (χ4n) is 3.96. The maximum absolute atomic E-state index is 6.09. The number of guanidine groups is 1. The van der Waals surface area contributed by atoms with Crippen LogP contribution in [0.5, 0.6) is 0 Å². The van der Waals surface area contributed by atoms with E-state index in [4.69, 9.17) is 11.6 Å². The van der Waals surface area contributed by atoms with Crippen LogP contribution in [0.1, 0.15) is 18.5 Å². The third-order valence-electron chi connectivity index (χ3n) is 5.72. The molecule has 1 saturated heterocycles. The van der Waals surface area contributed by atoms with Gasteiger partial charge in [-0.15, -0.1) is 24.0 Å². The Morgan fingerprint density at radius 2 is 1.84 bits per heavy atom. The topological polar surface area (TPSA) is 39.0 Å². The SMILES string of the molecule is CN=C(NCCCCN1CCN(c2ccccc2)CC1)N(C)Cc1cc(Cl)cn1C.I. The lowest BCUT2D eigenvalue weighted by Gasteiger charge is -2.36. The normalized spacial score (nSPS) is 15.0. The second kappa shape index (κ2) is 13.2. The smallest absolute Gasteiger partial charge is 0.193 e. The molecule has 8 heteroatoms. The van der Waals surface area contributed by atoms with E-state index in [9.17, 15) is 0 Å². The average molecular weight is 559 g/mol. The van der Waals surface area contributed by atoms with E-state index < -0.39 is 0 Å². The van der Waals surface area contributed by atoms with Crippen molar-refractivity contribution in [3.8, 4) is 0 Å². The maximum Gasteiger partial charge on any atom is 0.193 e. The van der Waals surface area contributed by atoms with Gasteiger partial charge in [0.05, 0.1) is 11.6 Å². The molecule has 1 aromatic carbocycles. The zero-order valence-corrected chi connectivity index (χ0v) is 22.0. The van der Waals surface area contributed by atoms with Gasteiger partial charge in [-0.2, -0.15) is 0 Å². The molecule has 6 nitrogen and oxygen atoms in total. The summed E-state index contributed by atoms with van der Waals surface area (Å²) in [4.78, 5) is 11.6. The lowest BCUT2D eigenvalue weighted by Crippen LogP contribution is -2.46. The number of anilines is 1. The van der Waals surface area contributed by atoms with E-state index in [1.165, 1.54) is 24.3 Å². The van der Waals surface area contributed by atoms with Crippen LogP contribution < -0.4 is 10.2 Å². The highest BCUT2D eigenvalue weighted by Gasteiger charge is 2.16. The van der Waals surface area contributed by atoms with Gasteiger partial charge in [0, 0.05) is 71.4 Å². The number of unbranched alkanes of at least 4 members (excludes halogenated alkanes) is 1. The number of hydrogen-bond acceptors (Lipinski definition) is 3. The van der Waals surface area contributed by atoms with E-state index in [-0.39, 0.29) is 24.0 Å². The third-order valence-corrected chi connectivity index (χ3v) is 5.93. The van der Waals surface area contributed by atoms with Crippen LogP contribution in [0, 0.1) is 0 Å². The first-order valence-corrected chi connectivity index (χ1v) is 11.2. The molecule has 31 heavy (non-hydrogen) atoms. The monoisotopic (exact) mass is 558 g/mol. The molecule has 0 bridgehead atoms. The Kier molecular flexibility index (Phi) is 11.0. The van der Waals surface area contributed by atoms with Crippen LogP contribution >= 0.6 is 35.6 Å². The Morgan fingerprint density at radius 1 is 1.13 bits per heavy atom. The summed E-state index contributed by atoms with van der Waals surface area (Å²) >= 11 is 6.09. The van der Waals surface area contributed by atoms with Crippen molar-refractivity contribution < 1.29 is 0 Å². The average Bonchev–Trinajstić information content (AvgIpc) is 3.08. The fourth-order valence-corrected chi connectivity index (χ4v) is 4.23. The van der Waals surface area contributed by atoms with Crippen molar-refractivity contribution in [2.45, 2.75) is 19.4 Å². The van der Waals surface area contributed by atoms with E-state index in [2.05, 4.69) is 67.0 Å². The zero-order valence-electron chi connectivity index (χ0n) is 18.9. The predicted molar refractivity (Wildman–Crippen MR) is 143 cm³/mol. The van der Waals surface area contributed by atoms with Crippen molar-refractivity contribution in [2.24, 2.45) is 12.0 Å². The molecule has 2 aromatic rings. The standard InChI is InChI=1S/C23H35ClN6.HI/c1-25-23(28(3)19-22-17-20(24)18-27(22)2)26-11-7-8-12-29-13-15-30(16-14-29)21-9-5-4-6-10-21;/h4-6,9-10,17-18H,7-8,11-16,19H2,1-3H3,(H,25,26);1H. The summed E-state index contributed by atoms with van der Waals surface area (Å²) in [6.07, 6.45) is 4.27. The van der Waals surface area contributed by atoms with E-state index in [1.807, 2.05) is 26.4 Å². The van der Waals surface area contributed by atoms with Gasteiger partial charge in [0.15, 0.2) is 5.96 Å². The molecule has 172 valence electrons. The first-order valence-electron chi connectivity index (χ1n) is 10.8. The van der Waals surface area contributed by atoms with Gasteiger partial charge in [-0.3, -0.25) is 9.89 Å². The molecular formula is C23H36ClIN6. The Balaban J connectivity index is 0.00000341. The number of aliphatic imine (C=N–C) groups is 1. The minimum absolute atomic E-state index is 0. The van der Waals surface area contributed by atoms with E-state index >= 15 is 0 Å². The Labute approximate surface area is 209 Å². The third kappa shape index (κ3) is 7.88. The van der Waals surface area contributed by atoms with Crippen molar-refractivity contribution in [3.63, 3.8) is 0 Å². The number of benzene rings is 1. The summed E-state index contributed by atoms with van der Waals surface area (Å²) in [5.41, 5.74) is 2.51. The quantitative estimate of drug-likeness (QED) is 0.231. The molecular weight excluding hydrogens is 523 g/mol. The first-order chi connectivity index (χ1) is 14.6. The molecule has 2 heterocycles. The van der Waals surface area contributed by atoms with E-state index in [0.29, 0.717) is 0 Å². The van der Waals surface area contributed by atoms with Gasteiger partial charge in [0.1, 0.15) is 0 Å². The Hall–Kier alpha value is -1.45. The molecule has 0 saturated carbocycles. The number of aromatic nitrogens is 1. The molecule has 1 N–H and O–H groups in total. The summed E-state index contributed by atoms with van der Waals surface area (Å²) in [6.45, 7) is 7.40. The number of hydrogen-bond donors (Lipinski definition) is 1. The van der Waals surface area contributed by atoms with Crippen LogP contribution in [0.25, 0.3) is 0 Å². The summed E-state index contributed by atoms with van der Waals surface area (Å²) < 4.78 is 2.06. The lowest BCUT2D eigenvalue weighted by molar-refractivity contribution is 0.253. The molecule has 1 aliphatic rings. The van der Waals surface area contributed by atoms with Gasteiger partial charge in [0.2, 0.25) is 0 Å². The van der Waals surface area contributed by atoms with Gasteiger partial charge in [-0.1, -0.05) is 29.8 Å². The van der Waals surface area contributed by atoms with Crippen molar-refractivity contribution in [2.75, 3.05) is 58.3 Å². The van der Waals surface area contributed by atoms with Gasteiger partial charge in [-0.25, -0.2) is 0 Å². The van der Waals surface area contributed by atoms with Crippen LogP contribution in [0.4, 0.5) is 5.69 Å². The van der Waals surface area contributed by atoms with Crippen molar-refractivity contribution in [1.29, 1.82) is 0 Å². The van der Waals surface area contributed by atoms with Gasteiger partial charge < -0.3 is 19.7 Å². The van der Waals surface area contributed by atoms with Crippen LogP contribution in [0.2, 0.25) is 5.02 Å². The minimum Gasteiger partial charge on any atom is -0.369 e. The number of piperazine rings is 1. The largest absolute Gasteiger partial charge is 0.369 e. The molecule has 0 atom stereocenters. The second-order valence-electron chi connectivity index (χ2n) is 7.96. The van der Waals surface area contributed by atoms with E-state index in [1.54, 1.807) is 0 Å². The highest BCUT2D eigenvalue weighted by Crippen LogP contribution is 2.16. The molecule has 0 unspecified atom stereocenters. The number of para-hydroxylation sites is 1. The predicted octanol–water partition coefficient (Wildman–Crippen LogP) is 3.91. The number of aryl methyl sites for hydroxylation is 1. The molecule has 0 spiro atoms. The molecule has 1 aromatic heterocycles. The van der Waals surface area contributed by atoms with Gasteiger partial charge in [-0.05, 0) is 37.6 Å².